The summed E-state index contributed by atoms with van der Waals surface area (Å²) in [5.74, 6) is 1.84. The zero-order chi connectivity index (χ0) is 15.8. The average Bonchev–Trinajstić information content (AvgIpc) is 2.58. The molecule has 2 aromatic rings. The smallest absolute Gasteiger partial charge is 0.188 e. The second kappa shape index (κ2) is 8.05. The molecule has 0 atom stereocenters. The lowest BCUT2D eigenvalue weighted by molar-refractivity contribution is 0.0509. The summed E-state index contributed by atoms with van der Waals surface area (Å²) in [6.45, 7) is 0.483. The molecule has 2 rings (SSSR count). The van der Waals surface area contributed by atoms with Crippen molar-refractivity contribution in [3.63, 3.8) is 0 Å². The van der Waals surface area contributed by atoms with Crippen molar-refractivity contribution in [3.05, 3.63) is 53.6 Å². The van der Waals surface area contributed by atoms with Crippen LogP contribution in [0.15, 0.2) is 42.5 Å². The summed E-state index contributed by atoms with van der Waals surface area (Å²) in [4.78, 5) is 11.1. The van der Waals surface area contributed by atoms with Crippen molar-refractivity contribution in [3.8, 4) is 17.2 Å². The van der Waals surface area contributed by atoms with E-state index in [2.05, 4.69) is 0 Å². The van der Waals surface area contributed by atoms with Gasteiger partial charge in [-0.25, -0.2) is 0 Å². The van der Waals surface area contributed by atoms with Crippen LogP contribution in [-0.4, -0.2) is 27.3 Å². The van der Waals surface area contributed by atoms with E-state index in [0.29, 0.717) is 23.7 Å². The summed E-state index contributed by atoms with van der Waals surface area (Å²) in [6, 6.07) is 12.6. The summed E-state index contributed by atoms with van der Waals surface area (Å²) in [7, 11) is 3.16. The highest BCUT2D eigenvalue weighted by Gasteiger charge is 2.06. The number of ether oxygens (including phenoxy) is 4. The van der Waals surface area contributed by atoms with E-state index in [-0.39, 0.29) is 6.79 Å². The SMILES string of the molecule is COCOc1ccc(C=O)c(OCc2ccc(OC)cc2)c1. The molecule has 0 bridgehead atoms. The first-order valence-electron chi connectivity index (χ1n) is 6.73. The summed E-state index contributed by atoms with van der Waals surface area (Å²) in [6.07, 6.45) is 0.753. The van der Waals surface area contributed by atoms with Crippen molar-refractivity contribution < 1.29 is 23.7 Å². The Bertz CT molecular complexity index is 607. The Kier molecular flexibility index (Phi) is 5.80. The second-order valence-electron chi connectivity index (χ2n) is 4.51. The third kappa shape index (κ3) is 4.23. The first kappa shape index (κ1) is 15.9. The predicted molar refractivity (Wildman–Crippen MR) is 81.7 cm³/mol. The maximum absolute atomic E-state index is 11.1. The number of carbonyl (C=O) groups excluding carboxylic acids is 1. The van der Waals surface area contributed by atoms with Gasteiger partial charge in [-0.1, -0.05) is 12.1 Å². The van der Waals surface area contributed by atoms with Gasteiger partial charge in [0.15, 0.2) is 13.1 Å². The van der Waals surface area contributed by atoms with E-state index < -0.39 is 0 Å². The molecule has 2 aromatic carbocycles. The molecule has 5 nitrogen and oxygen atoms in total. The van der Waals surface area contributed by atoms with Crippen LogP contribution in [0.25, 0.3) is 0 Å². The van der Waals surface area contributed by atoms with E-state index >= 15 is 0 Å². The molecule has 5 heteroatoms. The lowest BCUT2D eigenvalue weighted by Gasteiger charge is -2.11. The molecule has 0 radical (unpaired) electrons. The van der Waals surface area contributed by atoms with Gasteiger partial charge in [-0.3, -0.25) is 4.79 Å². The molecule has 0 amide bonds. The number of aldehydes is 1. The third-order valence-corrected chi connectivity index (χ3v) is 3.01. The topological polar surface area (TPSA) is 54.0 Å². The molecule has 0 N–H and O–H groups in total. The lowest BCUT2D eigenvalue weighted by atomic mass is 10.2. The van der Waals surface area contributed by atoms with Gasteiger partial charge in [-0.05, 0) is 29.8 Å². The minimum absolute atomic E-state index is 0.137. The van der Waals surface area contributed by atoms with Gasteiger partial charge in [0.25, 0.3) is 0 Å². The highest BCUT2D eigenvalue weighted by Crippen LogP contribution is 2.25. The number of hydrogen-bond acceptors (Lipinski definition) is 5. The fraction of sp³-hybridized carbons (Fsp3) is 0.235. The lowest BCUT2D eigenvalue weighted by Crippen LogP contribution is -2.02. The van der Waals surface area contributed by atoms with Crippen molar-refractivity contribution in [1.29, 1.82) is 0 Å². The van der Waals surface area contributed by atoms with E-state index in [4.69, 9.17) is 18.9 Å². The molecule has 0 heterocycles. The Morgan fingerprint density at radius 3 is 2.32 bits per heavy atom. The molecule has 0 spiro atoms. The van der Waals surface area contributed by atoms with Gasteiger partial charge in [0.1, 0.15) is 23.9 Å². The molecule has 0 saturated heterocycles. The molecule has 0 fully saturated rings. The fourth-order valence-electron chi connectivity index (χ4n) is 1.84. The van der Waals surface area contributed by atoms with Crippen LogP contribution < -0.4 is 14.2 Å². The molecule has 0 aromatic heterocycles. The standard InChI is InChI=1S/C17H18O5/c1-19-12-22-16-8-5-14(10-18)17(9-16)21-11-13-3-6-15(20-2)7-4-13/h3-10H,11-12H2,1-2H3. The minimum Gasteiger partial charge on any atom is -0.497 e. The molecular formula is C17H18O5. The highest BCUT2D eigenvalue weighted by atomic mass is 16.7. The van der Waals surface area contributed by atoms with E-state index in [9.17, 15) is 4.79 Å². The van der Waals surface area contributed by atoms with Crippen LogP contribution in [0.3, 0.4) is 0 Å². The second-order valence-corrected chi connectivity index (χ2v) is 4.51. The molecule has 0 aliphatic carbocycles. The first-order valence-corrected chi connectivity index (χ1v) is 6.73. The highest BCUT2D eigenvalue weighted by molar-refractivity contribution is 5.79. The van der Waals surface area contributed by atoms with E-state index in [1.165, 1.54) is 0 Å². The Labute approximate surface area is 129 Å². The van der Waals surface area contributed by atoms with Crippen LogP contribution in [0.2, 0.25) is 0 Å². The Balaban J connectivity index is 2.07. The quantitative estimate of drug-likeness (QED) is 0.554. The zero-order valence-electron chi connectivity index (χ0n) is 12.6. The first-order chi connectivity index (χ1) is 10.8. The molecule has 0 aliphatic heterocycles. The van der Waals surface area contributed by atoms with Gasteiger partial charge < -0.3 is 18.9 Å². The van der Waals surface area contributed by atoms with E-state index in [1.807, 2.05) is 24.3 Å². The number of rotatable bonds is 8. The fourth-order valence-corrected chi connectivity index (χ4v) is 1.84. The predicted octanol–water partition coefficient (Wildman–Crippen LogP) is 3.07. The van der Waals surface area contributed by atoms with Crippen molar-refractivity contribution in [2.75, 3.05) is 21.0 Å². The van der Waals surface area contributed by atoms with Gasteiger partial charge in [0, 0.05) is 13.2 Å². The monoisotopic (exact) mass is 302 g/mol. The van der Waals surface area contributed by atoms with Gasteiger partial charge in [0.05, 0.1) is 12.7 Å². The summed E-state index contributed by atoms with van der Waals surface area (Å²) in [5.41, 5.74) is 1.44. The Morgan fingerprint density at radius 1 is 0.955 bits per heavy atom. The number of carbonyl (C=O) groups is 1. The van der Waals surface area contributed by atoms with Crippen molar-refractivity contribution in [2.24, 2.45) is 0 Å². The Morgan fingerprint density at radius 2 is 1.68 bits per heavy atom. The average molecular weight is 302 g/mol. The van der Waals surface area contributed by atoms with E-state index in [0.717, 1.165) is 17.6 Å². The summed E-state index contributed by atoms with van der Waals surface area (Å²) < 4.78 is 21.0. The molecule has 22 heavy (non-hydrogen) atoms. The molecule has 0 aliphatic rings. The van der Waals surface area contributed by atoms with Crippen LogP contribution in [-0.2, 0) is 11.3 Å². The van der Waals surface area contributed by atoms with Crippen LogP contribution in [0.1, 0.15) is 15.9 Å². The maximum Gasteiger partial charge on any atom is 0.188 e. The zero-order valence-corrected chi connectivity index (χ0v) is 12.6. The van der Waals surface area contributed by atoms with Crippen molar-refractivity contribution in [1.82, 2.24) is 0 Å². The summed E-state index contributed by atoms with van der Waals surface area (Å²) >= 11 is 0. The molecular weight excluding hydrogens is 284 g/mol. The van der Waals surface area contributed by atoms with Gasteiger partial charge >= 0.3 is 0 Å². The van der Waals surface area contributed by atoms with Gasteiger partial charge in [-0.15, -0.1) is 0 Å². The minimum atomic E-state index is 0.137. The molecule has 116 valence electrons. The third-order valence-electron chi connectivity index (χ3n) is 3.01. The maximum atomic E-state index is 11.1. The van der Waals surface area contributed by atoms with Crippen LogP contribution >= 0.6 is 0 Å². The summed E-state index contributed by atoms with van der Waals surface area (Å²) in [5, 5.41) is 0. The molecule has 0 saturated carbocycles. The van der Waals surface area contributed by atoms with E-state index in [1.54, 1.807) is 32.4 Å². The van der Waals surface area contributed by atoms with Gasteiger partial charge in [-0.2, -0.15) is 0 Å². The number of methoxy groups -OCH3 is 2. The largest absolute Gasteiger partial charge is 0.497 e. The molecule has 0 unspecified atom stereocenters. The van der Waals surface area contributed by atoms with Gasteiger partial charge in [0.2, 0.25) is 0 Å². The van der Waals surface area contributed by atoms with Crippen LogP contribution in [0.4, 0.5) is 0 Å². The van der Waals surface area contributed by atoms with Crippen molar-refractivity contribution in [2.45, 2.75) is 6.61 Å². The normalized spacial score (nSPS) is 10.1. The van der Waals surface area contributed by atoms with Crippen LogP contribution in [0, 0.1) is 0 Å². The van der Waals surface area contributed by atoms with Crippen molar-refractivity contribution >= 4 is 6.29 Å². The van der Waals surface area contributed by atoms with Crippen LogP contribution in [0.5, 0.6) is 17.2 Å². The Hall–Kier alpha value is -2.53. The number of hydrogen-bond donors (Lipinski definition) is 0. The number of benzene rings is 2.